The fraction of sp³-hybridized carbons (Fsp3) is 0.308. The Morgan fingerprint density at radius 2 is 2.05 bits per heavy atom. The van der Waals surface area contributed by atoms with Crippen molar-refractivity contribution in [2.45, 2.75) is 17.9 Å². The van der Waals surface area contributed by atoms with E-state index in [1.54, 1.807) is 4.68 Å². The predicted octanol–water partition coefficient (Wildman–Crippen LogP) is 1.14. The highest BCUT2D eigenvalue weighted by Gasteiger charge is 2.17. The summed E-state index contributed by atoms with van der Waals surface area (Å²) in [5, 5.41) is 4.13. The van der Waals surface area contributed by atoms with Crippen LogP contribution in [-0.2, 0) is 9.84 Å². The summed E-state index contributed by atoms with van der Waals surface area (Å²) in [7, 11) is -3.24. The summed E-state index contributed by atoms with van der Waals surface area (Å²) in [5.41, 5.74) is 7.97. The van der Waals surface area contributed by atoms with Crippen LogP contribution in [0.3, 0.4) is 0 Å². The maximum atomic E-state index is 11.5. The molecule has 0 bridgehead atoms. The molecule has 0 amide bonds. The number of aryl methyl sites for hydroxylation is 1. The molecule has 1 aromatic carbocycles. The standard InChI is InChI=1S/C13H17N3O2S/c1-10-5-3-4-6-12(10)13(7-14)16-9-11(8-15-16)19(2,17)18/h3-6,8-9,13H,7,14H2,1-2H3. The van der Waals surface area contributed by atoms with Gasteiger partial charge in [0.05, 0.1) is 12.2 Å². The van der Waals surface area contributed by atoms with Crippen molar-refractivity contribution in [1.82, 2.24) is 9.78 Å². The fourth-order valence-electron chi connectivity index (χ4n) is 2.02. The number of aromatic nitrogens is 2. The molecule has 2 N–H and O–H groups in total. The molecule has 0 saturated heterocycles. The van der Waals surface area contributed by atoms with Gasteiger partial charge in [-0.2, -0.15) is 5.10 Å². The van der Waals surface area contributed by atoms with E-state index in [0.717, 1.165) is 11.1 Å². The summed E-state index contributed by atoms with van der Waals surface area (Å²) in [5.74, 6) is 0. The van der Waals surface area contributed by atoms with E-state index in [2.05, 4.69) is 5.10 Å². The number of nitrogens with two attached hydrogens (primary N) is 1. The minimum atomic E-state index is -3.24. The number of hydrogen-bond donors (Lipinski definition) is 1. The largest absolute Gasteiger partial charge is 0.328 e. The first-order valence-electron chi connectivity index (χ1n) is 5.93. The first-order chi connectivity index (χ1) is 8.93. The van der Waals surface area contributed by atoms with Crippen LogP contribution in [0.25, 0.3) is 0 Å². The number of rotatable bonds is 4. The molecule has 0 spiro atoms. The fourth-order valence-corrected chi connectivity index (χ4v) is 2.56. The third kappa shape index (κ3) is 2.85. The van der Waals surface area contributed by atoms with Crippen LogP contribution in [0.1, 0.15) is 17.2 Å². The van der Waals surface area contributed by atoms with E-state index in [-0.39, 0.29) is 10.9 Å². The van der Waals surface area contributed by atoms with Crippen LogP contribution in [0.5, 0.6) is 0 Å². The zero-order valence-electron chi connectivity index (χ0n) is 10.9. The monoisotopic (exact) mass is 279 g/mol. The predicted molar refractivity (Wildman–Crippen MR) is 73.7 cm³/mol. The Bertz CT molecular complexity index is 677. The first kappa shape index (κ1) is 13.8. The SMILES string of the molecule is Cc1ccccc1C(CN)n1cc(S(C)(=O)=O)cn1. The van der Waals surface area contributed by atoms with Crippen molar-refractivity contribution >= 4 is 9.84 Å². The van der Waals surface area contributed by atoms with Gasteiger partial charge in [0.2, 0.25) is 0 Å². The molecule has 1 heterocycles. The molecule has 102 valence electrons. The van der Waals surface area contributed by atoms with Crippen LogP contribution < -0.4 is 5.73 Å². The summed E-state index contributed by atoms with van der Waals surface area (Å²) in [6.07, 6.45) is 4.05. The maximum Gasteiger partial charge on any atom is 0.178 e. The third-order valence-corrected chi connectivity index (χ3v) is 4.16. The zero-order chi connectivity index (χ0) is 14.0. The molecule has 6 heteroatoms. The van der Waals surface area contributed by atoms with E-state index in [1.165, 1.54) is 18.6 Å². The van der Waals surface area contributed by atoms with Crippen molar-refractivity contribution in [3.63, 3.8) is 0 Å². The van der Waals surface area contributed by atoms with Gasteiger partial charge in [0.1, 0.15) is 4.90 Å². The molecule has 19 heavy (non-hydrogen) atoms. The number of hydrogen-bond acceptors (Lipinski definition) is 4. The average molecular weight is 279 g/mol. The van der Waals surface area contributed by atoms with E-state index >= 15 is 0 Å². The second-order valence-corrected chi connectivity index (χ2v) is 6.55. The summed E-state index contributed by atoms with van der Waals surface area (Å²) in [6, 6.07) is 7.72. The lowest BCUT2D eigenvalue weighted by Crippen LogP contribution is -2.21. The van der Waals surface area contributed by atoms with Gasteiger partial charge in [0.15, 0.2) is 9.84 Å². The van der Waals surface area contributed by atoms with Gasteiger partial charge in [-0.15, -0.1) is 0 Å². The molecule has 1 unspecified atom stereocenters. The van der Waals surface area contributed by atoms with Gasteiger partial charge in [-0.3, -0.25) is 4.68 Å². The number of sulfone groups is 1. The van der Waals surface area contributed by atoms with Crippen LogP contribution in [0.15, 0.2) is 41.6 Å². The number of benzene rings is 1. The Morgan fingerprint density at radius 3 is 2.58 bits per heavy atom. The van der Waals surface area contributed by atoms with Gasteiger partial charge in [0.25, 0.3) is 0 Å². The van der Waals surface area contributed by atoms with Crippen LogP contribution in [0, 0.1) is 6.92 Å². The van der Waals surface area contributed by atoms with E-state index in [1.807, 2.05) is 31.2 Å². The summed E-state index contributed by atoms with van der Waals surface area (Å²) >= 11 is 0. The quantitative estimate of drug-likeness (QED) is 0.910. The normalized spacial score (nSPS) is 13.4. The lowest BCUT2D eigenvalue weighted by molar-refractivity contribution is 0.528. The van der Waals surface area contributed by atoms with Gasteiger partial charge in [-0.25, -0.2) is 8.42 Å². The van der Waals surface area contributed by atoms with E-state index in [4.69, 9.17) is 5.73 Å². The van der Waals surface area contributed by atoms with E-state index in [9.17, 15) is 8.42 Å². The van der Waals surface area contributed by atoms with Crippen molar-refractivity contribution in [2.24, 2.45) is 5.73 Å². The highest BCUT2D eigenvalue weighted by atomic mass is 32.2. The minimum Gasteiger partial charge on any atom is -0.328 e. The van der Waals surface area contributed by atoms with Crippen LogP contribution in [0.4, 0.5) is 0 Å². The van der Waals surface area contributed by atoms with Crippen molar-refractivity contribution < 1.29 is 8.42 Å². The average Bonchev–Trinajstić information content (AvgIpc) is 2.82. The van der Waals surface area contributed by atoms with Crippen molar-refractivity contribution in [2.75, 3.05) is 12.8 Å². The molecule has 0 saturated carbocycles. The summed E-state index contributed by atoms with van der Waals surface area (Å²) in [4.78, 5) is 0.208. The Hall–Kier alpha value is -1.66. The molecule has 2 rings (SSSR count). The smallest absolute Gasteiger partial charge is 0.178 e. The lowest BCUT2D eigenvalue weighted by Gasteiger charge is -2.18. The molecule has 0 radical (unpaired) electrons. The van der Waals surface area contributed by atoms with Gasteiger partial charge < -0.3 is 5.73 Å². The Labute approximate surface area is 113 Å². The molecule has 0 aliphatic rings. The Morgan fingerprint density at radius 1 is 1.37 bits per heavy atom. The van der Waals surface area contributed by atoms with Gasteiger partial charge in [0, 0.05) is 19.0 Å². The molecular formula is C13H17N3O2S. The topological polar surface area (TPSA) is 78.0 Å². The van der Waals surface area contributed by atoms with E-state index < -0.39 is 9.84 Å². The van der Waals surface area contributed by atoms with Crippen LogP contribution >= 0.6 is 0 Å². The lowest BCUT2D eigenvalue weighted by atomic mass is 10.0. The first-order valence-corrected chi connectivity index (χ1v) is 7.82. The van der Waals surface area contributed by atoms with Crippen LogP contribution in [0.2, 0.25) is 0 Å². The van der Waals surface area contributed by atoms with Crippen molar-refractivity contribution in [1.29, 1.82) is 0 Å². The molecule has 2 aromatic rings. The summed E-state index contributed by atoms with van der Waals surface area (Å²) < 4.78 is 24.6. The molecule has 5 nitrogen and oxygen atoms in total. The minimum absolute atomic E-state index is 0.156. The van der Waals surface area contributed by atoms with Gasteiger partial charge >= 0.3 is 0 Å². The van der Waals surface area contributed by atoms with Crippen LogP contribution in [-0.4, -0.2) is 31.0 Å². The maximum absolute atomic E-state index is 11.5. The molecule has 1 aromatic heterocycles. The third-order valence-electron chi connectivity index (χ3n) is 3.10. The highest BCUT2D eigenvalue weighted by molar-refractivity contribution is 7.90. The van der Waals surface area contributed by atoms with Gasteiger partial charge in [-0.05, 0) is 18.1 Å². The molecule has 0 fully saturated rings. The Balaban J connectivity index is 2.44. The molecular weight excluding hydrogens is 262 g/mol. The molecule has 1 atom stereocenters. The highest BCUT2D eigenvalue weighted by Crippen LogP contribution is 2.21. The van der Waals surface area contributed by atoms with Gasteiger partial charge in [-0.1, -0.05) is 24.3 Å². The molecule has 0 aliphatic heterocycles. The number of nitrogens with zero attached hydrogens (tertiary/aromatic N) is 2. The zero-order valence-corrected chi connectivity index (χ0v) is 11.8. The Kier molecular flexibility index (Phi) is 3.73. The summed E-state index contributed by atoms with van der Waals surface area (Å²) in [6.45, 7) is 2.36. The van der Waals surface area contributed by atoms with Crippen molar-refractivity contribution in [3.05, 3.63) is 47.8 Å². The van der Waals surface area contributed by atoms with E-state index in [0.29, 0.717) is 6.54 Å². The van der Waals surface area contributed by atoms with Crippen molar-refractivity contribution in [3.8, 4) is 0 Å². The second-order valence-electron chi connectivity index (χ2n) is 4.54. The second kappa shape index (κ2) is 5.14. The molecule has 0 aliphatic carbocycles.